The van der Waals surface area contributed by atoms with Crippen LogP contribution in [0.15, 0.2) is 29.2 Å². The van der Waals surface area contributed by atoms with Gasteiger partial charge in [0, 0.05) is 35.7 Å². The number of nitrogens with two attached hydrogens (primary N) is 1. The van der Waals surface area contributed by atoms with E-state index in [1.165, 1.54) is 30.2 Å². The second-order valence-electron chi connectivity index (χ2n) is 5.69. The predicted octanol–water partition coefficient (Wildman–Crippen LogP) is 2.55. The van der Waals surface area contributed by atoms with Gasteiger partial charge < -0.3 is 5.73 Å². The Morgan fingerprint density at radius 1 is 1.39 bits per heavy atom. The summed E-state index contributed by atoms with van der Waals surface area (Å²) in [5, 5.41) is 0. The van der Waals surface area contributed by atoms with Crippen molar-refractivity contribution in [2.45, 2.75) is 30.2 Å². The van der Waals surface area contributed by atoms with Crippen LogP contribution in [0.3, 0.4) is 0 Å². The van der Waals surface area contributed by atoms with Crippen LogP contribution in [-0.4, -0.2) is 36.3 Å². The lowest BCUT2D eigenvalue weighted by Gasteiger charge is -2.24. The molecule has 98 valence electrons. The van der Waals surface area contributed by atoms with Crippen molar-refractivity contribution in [3.63, 3.8) is 0 Å². The van der Waals surface area contributed by atoms with Crippen molar-refractivity contribution in [3.8, 4) is 0 Å². The molecule has 0 aromatic heterocycles. The number of rotatable bonds is 3. The fourth-order valence-electron chi connectivity index (χ4n) is 3.31. The molecule has 18 heavy (non-hydrogen) atoms. The van der Waals surface area contributed by atoms with Crippen molar-refractivity contribution in [2.75, 3.05) is 25.4 Å². The fourth-order valence-corrected chi connectivity index (χ4v) is 4.55. The van der Waals surface area contributed by atoms with Gasteiger partial charge in [-0.05, 0) is 37.4 Å². The van der Waals surface area contributed by atoms with E-state index in [2.05, 4.69) is 36.1 Å². The Bertz CT molecular complexity index is 421. The molecule has 0 radical (unpaired) electrons. The molecule has 0 spiro atoms. The zero-order valence-electron chi connectivity index (χ0n) is 11.0. The summed E-state index contributed by atoms with van der Waals surface area (Å²) in [6.07, 6.45) is 1.28. The Morgan fingerprint density at radius 2 is 2.22 bits per heavy atom. The molecule has 1 aromatic rings. The van der Waals surface area contributed by atoms with E-state index in [9.17, 15) is 0 Å². The number of nitrogens with zero attached hydrogens (tertiary/aromatic N) is 1. The molecular weight excluding hydrogens is 240 g/mol. The number of fused-ring (bicyclic) bond motifs is 1. The van der Waals surface area contributed by atoms with E-state index in [4.69, 9.17) is 5.73 Å². The Labute approximate surface area is 114 Å². The van der Waals surface area contributed by atoms with E-state index in [0.717, 1.165) is 6.54 Å². The van der Waals surface area contributed by atoms with E-state index < -0.39 is 0 Å². The molecule has 3 unspecified atom stereocenters. The summed E-state index contributed by atoms with van der Waals surface area (Å²) in [6, 6.07) is 9.60. The first kappa shape index (κ1) is 12.5. The summed E-state index contributed by atoms with van der Waals surface area (Å²) in [4.78, 5) is 4.13. The molecule has 0 saturated carbocycles. The highest BCUT2D eigenvalue weighted by atomic mass is 32.2. The van der Waals surface area contributed by atoms with Gasteiger partial charge in [0.1, 0.15) is 0 Å². The van der Waals surface area contributed by atoms with Gasteiger partial charge in [-0.15, -0.1) is 11.8 Å². The number of likely N-dealkylation sites (tertiary alicyclic amines) is 1. The van der Waals surface area contributed by atoms with Crippen LogP contribution in [0.2, 0.25) is 0 Å². The van der Waals surface area contributed by atoms with Crippen molar-refractivity contribution < 1.29 is 0 Å². The van der Waals surface area contributed by atoms with E-state index in [0.29, 0.717) is 17.9 Å². The van der Waals surface area contributed by atoms with Gasteiger partial charge in [-0.1, -0.05) is 18.2 Å². The molecule has 2 heterocycles. The summed E-state index contributed by atoms with van der Waals surface area (Å²) in [5.74, 6) is 2.67. The Balaban J connectivity index is 1.68. The summed E-state index contributed by atoms with van der Waals surface area (Å²) >= 11 is 2.02. The molecule has 1 aromatic carbocycles. The van der Waals surface area contributed by atoms with Gasteiger partial charge in [0.05, 0.1) is 0 Å². The van der Waals surface area contributed by atoms with Gasteiger partial charge in [0.2, 0.25) is 0 Å². The second-order valence-corrected chi connectivity index (χ2v) is 6.75. The van der Waals surface area contributed by atoms with Crippen LogP contribution < -0.4 is 5.73 Å². The lowest BCUT2D eigenvalue weighted by Crippen LogP contribution is -2.32. The topological polar surface area (TPSA) is 29.3 Å². The van der Waals surface area contributed by atoms with Crippen LogP contribution in [0.5, 0.6) is 0 Å². The number of thioether (sulfide) groups is 1. The normalized spacial score (nSPS) is 31.8. The van der Waals surface area contributed by atoms with Crippen LogP contribution in [-0.2, 0) is 0 Å². The van der Waals surface area contributed by atoms with Crippen molar-refractivity contribution in [1.82, 2.24) is 4.90 Å². The van der Waals surface area contributed by atoms with Crippen molar-refractivity contribution >= 4 is 11.8 Å². The molecule has 0 amide bonds. The molecule has 2 aliphatic rings. The summed E-state index contributed by atoms with van der Waals surface area (Å²) in [5.41, 5.74) is 7.37. The monoisotopic (exact) mass is 262 g/mol. The van der Waals surface area contributed by atoms with E-state index >= 15 is 0 Å². The van der Waals surface area contributed by atoms with Crippen LogP contribution in [0.25, 0.3) is 0 Å². The lowest BCUT2D eigenvalue weighted by atomic mass is 10.0. The van der Waals surface area contributed by atoms with Crippen molar-refractivity contribution in [3.05, 3.63) is 29.8 Å². The molecule has 1 fully saturated rings. The Morgan fingerprint density at radius 3 is 3.00 bits per heavy atom. The zero-order chi connectivity index (χ0) is 12.5. The molecule has 3 atom stereocenters. The first-order valence-corrected chi connectivity index (χ1v) is 7.92. The number of hydrogen-bond donors (Lipinski definition) is 1. The van der Waals surface area contributed by atoms with E-state index in [1.807, 2.05) is 11.8 Å². The molecule has 2 aliphatic heterocycles. The average Bonchev–Trinajstić information content (AvgIpc) is 2.95. The number of hydrogen-bond acceptors (Lipinski definition) is 3. The minimum Gasteiger partial charge on any atom is -0.330 e. The Hall–Kier alpha value is -0.510. The third kappa shape index (κ3) is 2.31. The molecule has 0 aliphatic carbocycles. The molecule has 3 rings (SSSR count). The predicted molar refractivity (Wildman–Crippen MR) is 78.1 cm³/mol. The van der Waals surface area contributed by atoms with Gasteiger partial charge in [-0.25, -0.2) is 0 Å². The van der Waals surface area contributed by atoms with Crippen LogP contribution >= 0.6 is 11.8 Å². The van der Waals surface area contributed by atoms with Crippen LogP contribution in [0, 0.1) is 5.92 Å². The highest BCUT2D eigenvalue weighted by molar-refractivity contribution is 7.99. The van der Waals surface area contributed by atoms with Crippen LogP contribution in [0.4, 0.5) is 0 Å². The average molecular weight is 262 g/mol. The van der Waals surface area contributed by atoms with Crippen LogP contribution in [0.1, 0.15) is 24.8 Å². The van der Waals surface area contributed by atoms with Gasteiger partial charge in [0.15, 0.2) is 0 Å². The molecule has 2 N–H and O–H groups in total. The van der Waals surface area contributed by atoms with E-state index in [-0.39, 0.29) is 0 Å². The summed E-state index contributed by atoms with van der Waals surface area (Å²) in [7, 11) is 0. The quantitative estimate of drug-likeness (QED) is 0.907. The molecule has 1 saturated heterocycles. The van der Waals surface area contributed by atoms with Gasteiger partial charge in [-0.3, -0.25) is 4.90 Å². The summed E-state index contributed by atoms with van der Waals surface area (Å²) in [6.45, 7) is 5.60. The minimum atomic E-state index is 0.705. The smallest absolute Gasteiger partial charge is 0.0108 e. The van der Waals surface area contributed by atoms with Crippen molar-refractivity contribution in [1.29, 1.82) is 0 Å². The third-order valence-electron chi connectivity index (χ3n) is 4.38. The maximum atomic E-state index is 5.81. The zero-order valence-corrected chi connectivity index (χ0v) is 11.8. The summed E-state index contributed by atoms with van der Waals surface area (Å²) < 4.78 is 0. The maximum absolute atomic E-state index is 5.81. The minimum absolute atomic E-state index is 0.705. The third-order valence-corrected chi connectivity index (χ3v) is 5.63. The highest BCUT2D eigenvalue weighted by Crippen LogP contribution is 2.40. The van der Waals surface area contributed by atoms with Gasteiger partial charge in [0.25, 0.3) is 0 Å². The first-order chi connectivity index (χ1) is 8.78. The van der Waals surface area contributed by atoms with Crippen molar-refractivity contribution in [2.24, 2.45) is 11.7 Å². The second kappa shape index (κ2) is 5.24. The standard InChI is InChI=1S/C15H22N2S/c1-11-6-12(7-16)8-17(11)9-13-10-18-15-5-3-2-4-14(13)15/h2-5,11-13H,6-10,16H2,1H3. The highest BCUT2D eigenvalue weighted by Gasteiger charge is 2.32. The largest absolute Gasteiger partial charge is 0.330 e. The molecular formula is C15H22N2S. The Kier molecular flexibility index (Phi) is 3.64. The maximum Gasteiger partial charge on any atom is 0.0108 e. The molecule has 0 bridgehead atoms. The van der Waals surface area contributed by atoms with E-state index in [1.54, 1.807) is 5.56 Å². The van der Waals surface area contributed by atoms with Gasteiger partial charge in [-0.2, -0.15) is 0 Å². The lowest BCUT2D eigenvalue weighted by molar-refractivity contribution is 0.253. The number of benzene rings is 1. The fraction of sp³-hybridized carbons (Fsp3) is 0.600. The SMILES string of the molecule is CC1CC(CN)CN1CC1CSc2ccccc21. The molecule has 2 nitrogen and oxygen atoms in total. The first-order valence-electron chi connectivity index (χ1n) is 6.93. The molecule has 3 heteroatoms. The van der Waals surface area contributed by atoms with Gasteiger partial charge >= 0.3 is 0 Å².